The molecule has 1 fully saturated rings. The normalized spacial score (nSPS) is 15.1. The molecule has 3 aromatic rings. The van der Waals surface area contributed by atoms with Crippen molar-refractivity contribution in [1.29, 1.82) is 0 Å². The molecule has 0 unspecified atom stereocenters. The van der Waals surface area contributed by atoms with Crippen LogP contribution < -0.4 is 10.6 Å². The van der Waals surface area contributed by atoms with Gasteiger partial charge in [0.25, 0.3) is 5.91 Å². The van der Waals surface area contributed by atoms with Crippen LogP contribution in [0.4, 0.5) is 24.8 Å². The molecule has 0 bridgehead atoms. The van der Waals surface area contributed by atoms with Crippen molar-refractivity contribution in [3.63, 3.8) is 0 Å². The molecule has 4 rings (SSSR count). The molecular formula is C28H33F3N6O. The van der Waals surface area contributed by atoms with Gasteiger partial charge in [0.1, 0.15) is 0 Å². The molecule has 7 nitrogen and oxygen atoms in total. The van der Waals surface area contributed by atoms with Crippen molar-refractivity contribution in [2.24, 2.45) is 0 Å². The van der Waals surface area contributed by atoms with Crippen LogP contribution in [-0.2, 0) is 12.7 Å². The van der Waals surface area contributed by atoms with E-state index in [4.69, 9.17) is 0 Å². The number of anilines is 2. The molecule has 10 heteroatoms. The average Bonchev–Trinajstić information content (AvgIpc) is 2.85. The van der Waals surface area contributed by atoms with Gasteiger partial charge in [0, 0.05) is 68.0 Å². The van der Waals surface area contributed by atoms with Gasteiger partial charge in [-0.3, -0.25) is 9.69 Å². The van der Waals surface area contributed by atoms with Crippen molar-refractivity contribution < 1.29 is 18.0 Å². The van der Waals surface area contributed by atoms with E-state index in [-0.39, 0.29) is 11.7 Å². The number of aryl methyl sites for hydroxylation is 1. The fourth-order valence-corrected chi connectivity index (χ4v) is 4.36. The van der Waals surface area contributed by atoms with Gasteiger partial charge in [-0.15, -0.1) is 0 Å². The zero-order valence-corrected chi connectivity index (χ0v) is 22.1. The number of nitrogens with one attached hydrogen (secondary N) is 2. The lowest BCUT2D eigenvalue weighted by Crippen LogP contribution is -2.43. The first-order chi connectivity index (χ1) is 18.0. The molecular weight excluding hydrogens is 493 g/mol. The van der Waals surface area contributed by atoms with Crippen molar-refractivity contribution in [2.75, 3.05) is 43.9 Å². The maximum atomic E-state index is 13.7. The number of hydrogen-bond acceptors (Lipinski definition) is 6. The Morgan fingerprint density at radius 2 is 1.71 bits per heavy atom. The number of benzene rings is 2. The minimum Gasteiger partial charge on any atom is -0.352 e. The van der Waals surface area contributed by atoms with Crippen molar-refractivity contribution in [2.45, 2.75) is 39.5 Å². The van der Waals surface area contributed by atoms with Gasteiger partial charge in [-0.2, -0.15) is 13.2 Å². The molecule has 1 aliphatic heterocycles. The number of carbonyl (C=O) groups is 1. The third kappa shape index (κ3) is 7.08. The van der Waals surface area contributed by atoms with E-state index in [1.807, 2.05) is 27.8 Å². The van der Waals surface area contributed by atoms with E-state index in [1.54, 1.807) is 36.7 Å². The molecule has 0 saturated carbocycles. The van der Waals surface area contributed by atoms with Crippen LogP contribution in [0.1, 0.15) is 40.9 Å². The summed E-state index contributed by atoms with van der Waals surface area (Å²) in [6.45, 7) is 9.55. The van der Waals surface area contributed by atoms with E-state index < -0.39 is 17.6 Å². The van der Waals surface area contributed by atoms with Gasteiger partial charge in [-0.25, -0.2) is 9.97 Å². The summed E-state index contributed by atoms with van der Waals surface area (Å²) in [6, 6.07) is 9.11. The number of likely N-dealkylation sites (N-methyl/N-ethyl adjacent to an activating group) is 1. The maximum absolute atomic E-state index is 13.7. The number of nitrogens with zero attached hydrogens (tertiary/aromatic N) is 4. The number of piperazine rings is 1. The molecule has 2 N–H and O–H groups in total. The van der Waals surface area contributed by atoms with Gasteiger partial charge < -0.3 is 15.5 Å². The van der Waals surface area contributed by atoms with Crippen LogP contribution in [0, 0.1) is 6.92 Å². The molecule has 1 aliphatic rings. The Bertz CT molecular complexity index is 1270. The molecule has 2 aromatic carbocycles. The second-order valence-electron chi connectivity index (χ2n) is 10.1. The van der Waals surface area contributed by atoms with Gasteiger partial charge >= 0.3 is 6.18 Å². The lowest BCUT2D eigenvalue weighted by molar-refractivity contribution is -0.137. The minimum absolute atomic E-state index is 0.114. The minimum atomic E-state index is -4.52. The largest absolute Gasteiger partial charge is 0.416 e. The fourth-order valence-electron chi connectivity index (χ4n) is 4.36. The summed E-state index contributed by atoms with van der Waals surface area (Å²) in [6.07, 6.45) is -1.16. The zero-order valence-electron chi connectivity index (χ0n) is 22.1. The number of hydrogen-bond donors (Lipinski definition) is 2. The lowest BCUT2D eigenvalue weighted by atomic mass is 10.00. The standard InChI is InChI=1S/C28H33F3N6O/c1-18(2)34-27-32-15-22(16-33-27)25-13-21(6-5-19(25)3)26(38)35-24-12-20(11-23(14-24)28(29,30)31)17-37-9-7-36(4)8-10-37/h5-6,11-16,18H,7-10,17H2,1-4H3,(H,35,38)(H,32,33,34). The van der Waals surface area contributed by atoms with Crippen molar-refractivity contribution in [3.05, 3.63) is 71.0 Å². The maximum Gasteiger partial charge on any atom is 0.416 e. The summed E-state index contributed by atoms with van der Waals surface area (Å²) in [7, 11) is 2.03. The van der Waals surface area contributed by atoms with E-state index in [0.717, 1.165) is 55.0 Å². The Labute approximate surface area is 221 Å². The van der Waals surface area contributed by atoms with Crippen LogP contribution in [0.15, 0.2) is 48.8 Å². The molecule has 0 atom stereocenters. The van der Waals surface area contributed by atoms with E-state index in [0.29, 0.717) is 23.6 Å². The monoisotopic (exact) mass is 526 g/mol. The second-order valence-corrected chi connectivity index (χ2v) is 10.1. The predicted octanol–water partition coefficient (Wildman–Crippen LogP) is 5.29. The van der Waals surface area contributed by atoms with Crippen molar-refractivity contribution in [1.82, 2.24) is 19.8 Å². The van der Waals surface area contributed by atoms with E-state index in [1.165, 1.54) is 0 Å². The highest BCUT2D eigenvalue weighted by Crippen LogP contribution is 2.33. The summed E-state index contributed by atoms with van der Waals surface area (Å²) < 4.78 is 41.0. The Morgan fingerprint density at radius 1 is 1.03 bits per heavy atom. The Balaban J connectivity index is 1.56. The lowest BCUT2D eigenvalue weighted by Gasteiger charge is -2.32. The number of alkyl halides is 3. The molecule has 1 amide bonds. The Morgan fingerprint density at radius 3 is 2.34 bits per heavy atom. The number of aromatic nitrogens is 2. The topological polar surface area (TPSA) is 73.4 Å². The third-order valence-electron chi connectivity index (χ3n) is 6.46. The second kappa shape index (κ2) is 11.5. The molecule has 0 aliphatic carbocycles. The van der Waals surface area contributed by atoms with E-state index >= 15 is 0 Å². The quantitative estimate of drug-likeness (QED) is 0.436. The van der Waals surface area contributed by atoms with Crippen LogP contribution in [0.3, 0.4) is 0 Å². The van der Waals surface area contributed by atoms with Gasteiger partial charge in [0.05, 0.1) is 5.56 Å². The first-order valence-electron chi connectivity index (χ1n) is 12.6. The van der Waals surface area contributed by atoms with Crippen molar-refractivity contribution in [3.8, 4) is 11.1 Å². The van der Waals surface area contributed by atoms with E-state index in [9.17, 15) is 18.0 Å². The van der Waals surface area contributed by atoms with Crippen LogP contribution in [-0.4, -0.2) is 64.9 Å². The Kier molecular flexibility index (Phi) is 8.32. The molecule has 202 valence electrons. The van der Waals surface area contributed by atoms with Crippen molar-refractivity contribution >= 4 is 17.5 Å². The summed E-state index contributed by atoms with van der Waals surface area (Å²) >= 11 is 0. The molecule has 1 saturated heterocycles. The Hall–Kier alpha value is -3.50. The molecule has 38 heavy (non-hydrogen) atoms. The summed E-state index contributed by atoms with van der Waals surface area (Å²) in [5.74, 6) is 0.0161. The zero-order chi connectivity index (χ0) is 27.4. The third-order valence-corrected chi connectivity index (χ3v) is 6.46. The number of halogens is 3. The van der Waals surface area contributed by atoms with Crippen LogP contribution in [0.25, 0.3) is 11.1 Å². The molecule has 2 heterocycles. The van der Waals surface area contributed by atoms with E-state index in [2.05, 4.69) is 30.4 Å². The summed E-state index contributed by atoms with van der Waals surface area (Å²) in [5.41, 5.74) is 2.60. The highest BCUT2D eigenvalue weighted by molar-refractivity contribution is 6.05. The first-order valence-corrected chi connectivity index (χ1v) is 12.6. The predicted molar refractivity (Wildman–Crippen MR) is 143 cm³/mol. The van der Waals surface area contributed by atoms with Gasteiger partial charge in [0.15, 0.2) is 0 Å². The average molecular weight is 527 g/mol. The highest BCUT2D eigenvalue weighted by atomic mass is 19.4. The molecule has 1 aromatic heterocycles. The fraction of sp³-hybridized carbons (Fsp3) is 0.393. The smallest absolute Gasteiger partial charge is 0.352 e. The summed E-state index contributed by atoms with van der Waals surface area (Å²) in [4.78, 5) is 26.1. The molecule has 0 radical (unpaired) electrons. The first kappa shape index (κ1) is 27.5. The van der Waals surface area contributed by atoms with Crippen LogP contribution in [0.2, 0.25) is 0 Å². The summed E-state index contributed by atoms with van der Waals surface area (Å²) in [5, 5.41) is 5.81. The van der Waals surface area contributed by atoms with Gasteiger partial charge in [0.2, 0.25) is 5.95 Å². The van der Waals surface area contributed by atoms with Crippen LogP contribution >= 0.6 is 0 Å². The van der Waals surface area contributed by atoms with Crippen LogP contribution in [0.5, 0.6) is 0 Å². The number of amides is 1. The SMILES string of the molecule is Cc1ccc(C(=O)Nc2cc(CN3CCN(C)CC3)cc(C(F)(F)F)c2)cc1-c1cnc(NC(C)C)nc1. The molecule has 0 spiro atoms. The van der Waals surface area contributed by atoms with Gasteiger partial charge in [-0.1, -0.05) is 6.07 Å². The van der Waals surface area contributed by atoms with Gasteiger partial charge in [-0.05, 0) is 74.8 Å². The highest BCUT2D eigenvalue weighted by Gasteiger charge is 2.31. The number of rotatable bonds is 7. The number of carbonyl (C=O) groups excluding carboxylic acids is 1.